The molecule has 2 nitrogen and oxygen atoms in total. The van der Waals surface area contributed by atoms with Gasteiger partial charge in [0, 0.05) is 28.2 Å². The molecule has 0 saturated carbocycles. The maximum atomic E-state index is 6.27. The minimum atomic E-state index is -0.114. The summed E-state index contributed by atoms with van der Waals surface area (Å²) in [4.78, 5) is 5.30. The molecule has 0 unspecified atom stereocenters. The standard InChI is InChI=1S/C39H29NO/c1-39(2)33-19-17-28(21-30(33)31-23-32-29-15-9-10-16-37(29)41-38(32)24-34(31)39)35-20-18-27(25-11-5-3-6-12-25)22-36(40-35)26-13-7-4-8-14-26/h3-19,21-24H,20H2,1-2H3. The van der Waals surface area contributed by atoms with Gasteiger partial charge in [0.05, 0.1) is 11.4 Å². The molecule has 0 N–H and O–H groups in total. The Morgan fingerprint density at radius 3 is 2.12 bits per heavy atom. The molecule has 1 aliphatic carbocycles. The van der Waals surface area contributed by atoms with Crippen LogP contribution >= 0.6 is 0 Å². The van der Waals surface area contributed by atoms with Crippen LogP contribution in [0.3, 0.4) is 0 Å². The van der Waals surface area contributed by atoms with Crippen LogP contribution in [-0.2, 0) is 5.41 Å². The number of hydrogen-bond acceptors (Lipinski definition) is 2. The molecule has 8 rings (SSSR count). The molecule has 0 amide bonds. The fraction of sp³-hybridized carbons (Fsp3) is 0.103. The summed E-state index contributed by atoms with van der Waals surface area (Å²) in [6.07, 6.45) is 5.30. The van der Waals surface area contributed by atoms with E-state index < -0.39 is 0 Å². The first-order valence-corrected chi connectivity index (χ1v) is 14.3. The summed E-state index contributed by atoms with van der Waals surface area (Å²) in [5.74, 6) is 0. The molecule has 0 bridgehead atoms. The van der Waals surface area contributed by atoms with Crippen LogP contribution in [0.4, 0.5) is 0 Å². The smallest absolute Gasteiger partial charge is 0.135 e. The van der Waals surface area contributed by atoms with Gasteiger partial charge in [0.25, 0.3) is 0 Å². The molecule has 0 radical (unpaired) electrons. The summed E-state index contributed by atoms with van der Waals surface area (Å²) >= 11 is 0. The SMILES string of the molecule is CC1(C)c2ccc(C3=NC(c4ccccc4)=CC(c4ccccc4)=CC3)cc2-c2cc3c(cc21)oc1ccccc13. The highest BCUT2D eigenvalue weighted by atomic mass is 16.3. The van der Waals surface area contributed by atoms with Crippen LogP contribution in [0.2, 0.25) is 0 Å². The molecule has 2 heterocycles. The number of rotatable bonds is 3. The van der Waals surface area contributed by atoms with Crippen molar-refractivity contribution in [1.29, 1.82) is 0 Å². The molecule has 0 fully saturated rings. The Morgan fingerprint density at radius 2 is 1.32 bits per heavy atom. The Morgan fingerprint density at radius 1 is 0.610 bits per heavy atom. The van der Waals surface area contributed by atoms with Crippen molar-refractivity contribution in [3.63, 3.8) is 0 Å². The van der Waals surface area contributed by atoms with E-state index in [2.05, 4.69) is 135 Å². The van der Waals surface area contributed by atoms with E-state index in [0.717, 1.165) is 45.5 Å². The van der Waals surface area contributed by atoms with Gasteiger partial charge in [0.15, 0.2) is 0 Å². The third-order valence-corrected chi connectivity index (χ3v) is 8.75. The monoisotopic (exact) mass is 527 g/mol. The zero-order valence-corrected chi connectivity index (χ0v) is 23.2. The van der Waals surface area contributed by atoms with Gasteiger partial charge in [0.2, 0.25) is 0 Å². The fourth-order valence-corrected chi connectivity index (χ4v) is 6.56. The Bertz CT molecular complexity index is 2070. The van der Waals surface area contributed by atoms with Gasteiger partial charge in [0.1, 0.15) is 11.2 Å². The highest BCUT2D eigenvalue weighted by molar-refractivity contribution is 6.10. The van der Waals surface area contributed by atoms with Gasteiger partial charge >= 0.3 is 0 Å². The van der Waals surface area contributed by atoms with Gasteiger partial charge in [-0.1, -0.05) is 111 Å². The summed E-state index contributed by atoms with van der Waals surface area (Å²) in [6.45, 7) is 4.64. The predicted octanol–water partition coefficient (Wildman–Crippen LogP) is 10.2. The van der Waals surface area contributed by atoms with Crippen molar-refractivity contribution in [2.24, 2.45) is 4.99 Å². The van der Waals surface area contributed by atoms with E-state index in [1.54, 1.807) is 0 Å². The molecule has 5 aromatic carbocycles. The van der Waals surface area contributed by atoms with Crippen molar-refractivity contribution in [2.75, 3.05) is 0 Å². The quantitative estimate of drug-likeness (QED) is 0.225. The second-order valence-corrected chi connectivity index (χ2v) is 11.6. The maximum Gasteiger partial charge on any atom is 0.135 e. The highest BCUT2D eigenvalue weighted by Gasteiger charge is 2.36. The first-order valence-electron chi connectivity index (χ1n) is 14.3. The fourth-order valence-electron chi connectivity index (χ4n) is 6.56. The van der Waals surface area contributed by atoms with Crippen LogP contribution in [0.25, 0.3) is 44.3 Å². The van der Waals surface area contributed by atoms with E-state index in [1.165, 1.54) is 38.8 Å². The lowest BCUT2D eigenvalue weighted by Gasteiger charge is -2.21. The second-order valence-electron chi connectivity index (χ2n) is 11.6. The number of fused-ring (bicyclic) bond motifs is 6. The summed E-state index contributed by atoms with van der Waals surface area (Å²) in [5.41, 5.74) is 13.8. The Balaban J connectivity index is 1.28. The number of aliphatic imine (C=N–C) groups is 1. The Kier molecular flexibility index (Phi) is 5.27. The number of benzene rings is 5. The lowest BCUT2D eigenvalue weighted by molar-refractivity contribution is 0.647. The third-order valence-electron chi connectivity index (χ3n) is 8.75. The van der Waals surface area contributed by atoms with Gasteiger partial charge < -0.3 is 4.42 Å². The Hall–Kier alpha value is -4.95. The van der Waals surface area contributed by atoms with Crippen LogP contribution in [0.5, 0.6) is 0 Å². The minimum Gasteiger partial charge on any atom is -0.456 e. The molecule has 1 aromatic heterocycles. The van der Waals surface area contributed by atoms with Gasteiger partial charge in [-0.05, 0) is 69.3 Å². The molecule has 41 heavy (non-hydrogen) atoms. The van der Waals surface area contributed by atoms with E-state index in [1.807, 2.05) is 6.07 Å². The van der Waals surface area contributed by atoms with Crippen molar-refractivity contribution in [3.8, 4) is 11.1 Å². The molecule has 196 valence electrons. The van der Waals surface area contributed by atoms with Crippen molar-refractivity contribution in [1.82, 2.24) is 0 Å². The molecule has 1 aliphatic heterocycles. The molecular formula is C39H29NO. The van der Waals surface area contributed by atoms with E-state index in [9.17, 15) is 0 Å². The van der Waals surface area contributed by atoms with E-state index in [4.69, 9.17) is 9.41 Å². The molecule has 6 aromatic rings. The average molecular weight is 528 g/mol. The number of furan rings is 1. The lowest BCUT2D eigenvalue weighted by atomic mass is 9.82. The normalized spacial score (nSPS) is 15.6. The second kappa shape index (κ2) is 9.04. The van der Waals surface area contributed by atoms with Crippen molar-refractivity contribution in [2.45, 2.75) is 25.7 Å². The molecule has 0 spiro atoms. The van der Waals surface area contributed by atoms with E-state index in [-0.39, 0.29) is 5.41 Å². The van der Waals surface area contributed by atoms with Crippen LogP contribution in [0.1, 0.15) is 48.1 Å². The first-order chi connectivity index (χ1) is 20.1. The molecule has 2 aliphatic rings. The summed E-state index contributed by atoms with van der Waals surface area (Å²) in [7, 11) is 0. The first kappa shape index (κ1) is 23.9. The zero-order chi connectivity index (χ0) is 27.6. The summed E-state index contributed by atoms with van der Waals surface area (Å²) in [5, 5.41) is 2.34. The number of allylic oxidation sites excluding steroid dienone is 3. The average Bonchev–Trinajstić information content (AvgIpc) is 3.36. The molecular weight excluding hydrogens is 498 g/mol. The largest absolute Gasteiger partial charge is 0.456 e. The van der Waals surface area contributed by atoms with Crippen molar-refractivity contribution in [3.05, 3.63) is 155 Å². The van der Waals surface area contributed by atoms with Gasteiger partial charge in [-0.25, -0.2) is 0 Å². The van der Waals surface area contributed by atoms with Crippen molar-refractivity contribution < 1.29 is 4.42 Å². The molecule has 0 atom stereocenters. The predicted molar refractivity (Wildman–Crippen MR) is 171 cm³/mol. The number of nitrogens with zero attached hydrogens (tertiary/aromatic N) is 1. The van der Waals surface area contributed by atoms with E-state index >= 15 is 0 Å². The van der Waals surface area contributed by atoms with Gasteiger partial charge in [-0.3, -0.25) is 4.99 Å². The highest BCUT2D eigenvalue weighted by Crippen LogP contribution is 2.51. The van der Waals surface area contributed by atoms with Crippen LogP contribution < -0.4 is 0 Å². The third kappa shape index (κ3) is 3.82. The number of para-hydroxylation sites is 1. The van der Waals surface area contributed by atoms with Crippen LogP contribution in [0, 0.1) is 0 Å². The molecule has 0 saturated heterocycles. The van der Waals surface area contributed by atoms with Crippen LogP contribution in [-0.4, -0.2) is 5.71 Å². The van der Waals surface area contributed by atoms with Crippen LogP contribution in [0.15, 0.2) is 137 Å². The van der Waals surface area contributed by atoms with Crippen molar-refractivity contribution >= 4 is 38.9 Å². The maximum absolute atomic E-state index is 6.27. The van der Waals surface area contributed by atoms with E-state index in [0.29, 0.717) is 0 Å². The molecule has 2 heteroatoms. The Labute approximate surface area is 240 Å². The zero-order valence-electron chi connectivity index (χ0n) is 23.2. The van der Waals surface area contributed by atoms with Gasteiger partial charge in [-0.15, -0.1) is 0 Å². The summed E-state index contributed by atoms with van der Waals surface area (Å²) in [6, 6.07) is 41.0. The topological polar surface area (TPSA) is 25.5 Å². The lowest BCUT2D eigenvalue weighted by Crippen LogP contribution is -2.15. The van der Waals surface area contributed by atoms with Gasteiger partial charge in [-0.2, -0.15) is 0 Å². The number of hydrogen-bond donors (Lipinski definition) is 0. The summed E-state index contributed by atoms with van der Waals surface area (Å²) < 4.78 is 6.27. The minimum absolute atomic E-state index is 0.114.